The van der Waals surface area contributed by atoms with Crippen LogP contribution in [0.3, 0.4) is 0 Å². The van der Waals surface area contributed by atoms with Crippen LogP contribution in [-0.4, -0.2) is 53.2 Å². The predicted molar refractivity (Wildman–Crippen MR) is 122 cm³/mol. The number of fused-ring (bicyclic) bond motifs is 3. The zero-order chi connectivity index (χ0) is 22.9. The molecule has 1 aliphatic heterocycles. The van der Waals surface area contributed by atoms with Gasteiger partial charge in [0.05, 0.1) is 0 Å². The molecule has 0 aromatic heterocycles. The van der Waals surface area contributed by atoms with Gasteiger partial charge in [-0.2, -0.15) is 0 Å². The molecule has 172 valence electrons. The summed E-state index contributed by atoms with van der Waals surface area (Å²) in [4.78, 5) is 37.9. The smallest absolute Gasteiger partial charge is 0.407 e. The zero-order valence-electron chi connectivity index (χ0n) is 18.4. The molecule has 3 aliphatic rings. The molecule has 5 rings (SSSR count). The van der Waals surface area contributed by atoms with E-state index in [-0.39, 0.29) is 36.8 Å². The van der Waals surface area contributed by atoms with Crippen molar-refractivity contribution in [3.05, 3.63) is 59.7 Å². The van der Waals surface area contributed by atoms with Gasteiger partial charge in [0.25, 0.3) is 0 Å². The van der Waals surface area contributed by atoms with Crippen LogP contribution in [-0.2, 0) is 14.3 Å². The van der Waals surface area contributed by atoms with Crippen molar-refractivity contribution in [2.75, 3.05) is 13.2 Å². The standard InChI is InChI=1S/C26H28N2O5/c29-24(28-13-12-23(28)25(30)31)14-16-6-5-11-22(16)27-26(32)33-15-21-19-9-3-1-7-17(19)18-8-2-4-10-20(18)21/h1-4,7-10,16,21-23H,5-6,11-15H2,(H,27,32)(H,30,31). The summed E-state index contributed by atoms with van der Waals surface area (Å²) in [6, 6.07) is 15.6. The van der Waals surface area contributed by atoms with Crippen LogP contribution < -0.4 is 5.32 Å². The molecule has 1 saturated heterocycles. The van der Waals surface area contributed by atoms with Crippen LogP contribution in [0.1, 0.15) is 49.1 Å². The number of amides is 2. The van der Waals surface area contributed by atoms with Gasteiger partial charge in [-0.25, -0.2) is 9.59 Å². The minimum atomic E-state index is -0.950. The van der Waals surface area contributed by atoms with Crippen molar-refractivity contribution < 1.29 is 24.2 Å². The third kappa shape index (κ3) is 4.08. The maximum Gasteiger partial charge on any atom is 0.407 e. The Morgan fingerprint density at radius 1 is 0.970 bits per heavy atom. The Kier molecular flexibility index (Phi) is 5.79. The van der Waals surface area contributed by atoms with Gasteiger partial charge in [0, 0.05) is 24.9 Å². The quantitative estimate of drug-likeness (QED) is 0.701. The Labute approximate surface area is 192 Å². The number of aliphatic carboxylic acids is 1. The number of carbonyl (C=O) groups is 3. The molecule has 0 radical (unpaired) electrons. The van der Waals surface area contributed by atoms with Gasteiger partial charge in [-0.3, -0.25) is 4.79 Å². The monoisotopic (exact) mass is 448 g/mol. The molecule has 2 fully saturated rings. The number of alkyl carbamates (subject to hydrolysis) is 1. The van der Waals surface area contributed by atoms with E-state index >= 15 is 0 Å². The Bertz CT molecular complexity index is 1040. The molecule has 3 atom stereocenters. The van der Waals surface area contributed by atoms with Crippen LogP contribution in [0.15, 0.2) is 48.5 Å². The van der Waals surface area contributed by atoms with Gasteiger partial charge in [-0.1, -0.05) is 55.0 Å². The van der Waals surface area contributed by atoms with Crippen LogP contribution in [0.25, 0.3) is 11.1 Å². The summed E-state index contributed by atoms with van der Waals surface area (Å²) >= 11 is 0. The summed E-state index contributed by atoms with van der Waals surface area (Å²) in [5.41, 5.74) is 4.70. The summed E-state index contributed by atoms with van der Waals surface area (Å²) in [5.74, 6) is -1.08. The molecule has 2 amide bonds. The molecule has 2 aromatic carbocycles. The average molecular weight is 449 g/mol. The molecule has 0 bridgehead atoms. The van der Waals surface area contributed by atoms with Gasteiger partial charge in [-0.15, -0.1) is 0 Å². The lowest BCUT2D eigenvalue weighted by atomic mass is 9.95. The summed E-state index contributed by atoms with van der Waals surface area (Å²) in [5, 5.41) is 12.2. The van der Waals surface area contributed by atoms with Gasteiger partial charge in [-0.05, 0) is 47.4 Å². The summed E-state index contributed by atoms with van der Waals surface area (Å²) < 4.78 is 5.66. The first-order chi connectivity index (χ1) is 16.0. The molecule has 7 nitrogen and oxygen atoms in total. The van der Waals surface area contributed by atoms with E-state index in [4.69, 9.17) is 4.74 Å². The predicted octanol–water partition coefficient (Wildman–Crippen LogP) is 3.77. The number of likely N-dealkylation sites (tertiary alicyclic amines) is 1. The second-order valence-corrected chi connectivity index (χ2v) is 9.20. The van der Waals surface area contributed by atoms with E-state index in [0.29, 0.717) is 13.0 Å². The van der Waals surface area contributed by atoms with Crippen molar-refractivity contribution in [3.63, 3.8) is 0 Å². The van der Waals surface area contributed by atoms with Gasteiger partial charge in [0.2, 0.25) is 5.91 Å². The number of carbonyl (C=O) groups excluding carboxylic acids is 2. The number of hydrogen-bond donors (Lipinski definition) is 2. The largest absolute Gasteiger partial charge is 0.480 e. The van der Waals surface area contributed by atoms with E-state index < -0.39 is 18.1 Å². The van der Waals surface area contributed by atoms with E-state index in [1.54, 1.807) is 0 Å². The van der Waals surface area contributed by atoms with Gasteiger partial charge >= 0.3 is 12.1 Å². The molecule has 1 heterocycles. The number of carboxylic acid groups (broad SMARTS) is 1. The fourth-order valence-electron chi connectivity index (χ4n) is 5.55. The van der Waals surface area contributed by atoms with Gasteiger partial charge in [0.15, 0.2) is 0 Å². The number of hydrogen-bond acceptors (Lipinski definition) is 4. The summed E-state index contributed by atoms with van der Waals surface area (Å²) in [6.45, 7) is 0.747. The molecule has 2 aliphatic carbocycles. The van der Waals surface area contributed by atoms with Crippen molar-refractivity contribution in [1.82, 2.24) is 10.2 Å². The first-order valence-electron chi connectivity index (χ1n) is 11.7. The lowest BCUT2D eigenvalue weighted by Crippen LogP contribution is -2.55. The normalized spacial score (nSPS) is 23.4. The highest BCUT2D eigenvalue weighted by Gasteiger charge is 2.40. The maximum absolute atomic E-state index is 12.6. The number of benzene rings is 2. The first-order valence-corrected chi connectivity index (χ1v) is 11.7. The molecule has 0 spiro atoms. The second-order valence-electron chi connectivity index (χ2n) is 9.20. The zero-order valence-corrected chi connectivity index (χ0v) is 18.4. The third-order valence-electron chi connectivity index (χ3n) is 7.37. The van der Waals surface area contributed by atoms with Crippen LogP contribution in [0, 0.1) is 5.92 Å². The molecule has 2 aromatic rings. The van der Waals surface area contributed by atoms with E-state index in [0.717, 1.165) is 19.3 Å². The highest BCUT2D eigenvalue weighted by molar-refractivity contribution is 5.85. The minimum absolute atomic E-state index is 0.00321. The fraction of sp³-hybridized carbons (Fsp3) is 0.423. The van der Waals surface area contributed by atoms with Crippen molar-refractivity contribution in [3.8, 4) is 11.1 Å². The number of carboxylic acids is 1. The van der Waals surface area contributed by atoms with Crippen LogP contribution >= 0.6 is 0 Å². The van der Waals surface area contributed by atoms with Crippen molar-refractivity contribution in [2.45, 2.75) is 50.1 Å². The average Bonchev–Trinajstić information content (AvgIpc) is 3.33. The second kappa shape index (κ2) is 8.89. The highest BCUT2D eigenvalue weighted by Crippen LogP contribution is 2.44. The molecule has 33 heavy (non-hydrogen) atoms. The Hall–Kier alpha value is -3.35. The van der Waals surface area contributed by atoms with E-state index in [1.165, 1.54) is 27.2 Å². The van der Waals surface area contributed by atoms with Gasteiger partial charge < -0.3 is 20.1 Å². The molecule has 7 heteroatoms. The number of rotatable bonds is 6. The molecule has 1 saturated carbocycles. The number of nitrogens with one attached hydrogen (secondary N) is 1. The van der Waals surface area contributed by atoms with Crippen molar-refractivity contribution in [2.24, 2.45) is 5.92 Å². The summed E-state index contributed by atoms with van der Waals surface area (Å²) in [7, 11) is 0. The lowest BCUT2D eigenvalue weighted by Gasteiger charge is -2.38. The fourth-order valence-corrected chi connectivity index (χ4v) is 5.55. The Balaban J connectivity index is 1.18. The summed E-state index contributed by atoms with van der Waals surface area (Å²) in [6.07, 6.45) is 2.87. The van der Waals surface area contributed by atoms with Crippen LogP contribution in [0.2, 0.25) is 0 Å². The van der Waals surface area contributed by atoms with E-state index in [1.807, 2.05) is 24.3 Å². The number of nitrogens with zero attached hydrogens (tertiary/aromatic N) is 1. The minimum Gasteiger partial charge on any atom is -0.480 e. The number of ether oxygens (including phenoxy) is 1. The SMILES string of the molecule is O=C(NC1CCCC1CC(=O)N1CCC1C(=O)O)OCC1c2ccccc2-c2ccccc21. The van der Waals surface area contributed by atoms with Crippen molar-refractivity contribution >= 4 is 18.0 Å². The van der Waals surface area contributed by atoms with Crippen LogP contribution in [0.5, 0.6) is 0 Å². The molecular weight excluding hydrogens is 420 g/mol. The van der Waals surface area contributed by atoms with E-state index in [9.17, 15) is 19.5 Å². The lowest BCUT2D eigenvalue weighted by molar-refractivity contribution is -0.157. The topological polar surface area (TPSA) is 95.9 Å². The molecule has 2 N–H and O–H groups in total. The maximum atomic E-state index is 12.6. The van der Waals surface area contributed by atoms with Crippen molar-refractivity contribution in [1.29, 1.82) is 0 Å². The van der Waals surface area contributed by atoms with E-state index in [2.05, 4.69) is 29.6 Å². The molecular formula is C26H28N2O5. The highest BCUT2D eigenvalue weighted by atomic mass is 16.5. The first kappa shape index (κ1) is 21.5. The Morgan fingerprint density at radius 2 is 1.64 bits per heavy atom. The van der Waals surface area contributed by atoms with Gasteiger partial charge in [0.1, 0.15) is 12.6 Å². The molecule has 3 unspecified atom stereocenters. The Morgan fingerprint density at radius 3 is 2.24 bits per heavy atom. The van der Waals surface area contributed by atoms with Crippen LogP contribution in [0.4, 0.5) is 4.79 Å². The third-order valence-corrected chi connectivity index (χ3v) is 7.37.